The summed E-state index contributed by atoms with van der Waals surface area (Å²) in [7, 11) is -3.59. The predicted molar refractivity (Wildman–Crippen MR) is 89.5 cm³/mol. The third-order valence-electron chi connectivity index (χ3n) is 3.74. The first kappa shape index (κ1) is 18.8. The Bertz CT molecular complexity index is 557. The third-order valence-corrected chi connectivity index (χ3v) is 6.47. The molecule has 1 rings (SSSR count). The Kier molecular flexibility index (Phi) is 7.48. The quantitative estimate of drug-likeness (QED) is 0.645. The minimum Gasteiger partial charge on any atom is -0.207 e. The Hall–Kier alpha value is -0.290. The van der Waals surface area contributed by atoms with Crippen molar-refractivity contribution >= 4 is 33.2 Å². The lowest BCUT2D eigenvalue weighted by molar-refractivity contribution is 0.339. The van der Waals surface area contributed by atoms with Crippen LogP contribution in [0.3, 0.4) is 0 Å². The number of hydrogen-bond donors (Lipinski definition) is 0. The van der Waals surface area contributed by atoms with Crippen molar-refractivity contribution in [2.75, 3.05) is 13.1 Å². The van der Waals surface area contributed by atoms with Gasteiger partial charge in [0.1, 0.15) is 4.90 Å². The first-order chi connectivity index (χ1) is 9.90. The van der Waals surface area contributed by atoms with Gasteiger partial charge in [-0.25, -0.2) is 8.42 Å². The van der Waals surface area contributed by atoms with Gasteiger partial charge >= 0.3 is 0 Å². The number of sulfonamides is 1. The number of hydrogen-bond acceptors (Lipinski definition) is 2. The fourth-order valence-corrected chi connectivity index (χ4v) is 4.42. The van der Waals surface area contributed by atoms with E-state index >= 15 is 0 Å². The highest BCUT2D eigenvalue weighted by Crippen LogP contribution is 2.27. The maximum atomic E-state index is 12.8. The van der Waals surface area contributed by atoms with Crippen LogP contribution in [0, 0.1) is 5.92 Å². The van der Waals surface area contributed by atoms with E-state index in [9.17, 15) is 8.42 Å². The summed E-state index contributed by atoms with van der Waals surface area (Å²) in [5.41, 5.74) is 0.748. The fourth-order valence-electron chi connectivity index (χ4n) is 2.20. The number of benzene rings is 1. The average molecular weight is 352 g/mol. The molecule has 0 unspecified atom stereocenters. The van der Waals surface area contributed by atoms with Gasteiger partial charge in [0.05, 0.1) is 5.02 Å². The van der Waals surface area contributed by atoms with E-state index in [-0.39, 0.29) is 15.8 Å². The van der Waals surface area contributed by atoms with Crippen molar-refractivity contribution < 1.29 is 8.42 Å². The zero-order chi connectivity index (χ0) is 16.0. The Balaban J connectivity index is 3.18. The standard InChI is InChI=1S/C15H23Cl2NO2S/c1-4-12(5-2)11-18(6-3)21(19,20)15-9-13(10-16)7-8-14(15)17/h7-9,12H,4-6,10-11H2,1-3H3. The topological polar surface area (TPSA) is 37.4 Å². The molecule has 6 heteroatoms. The minimum atomic E-state index is -3.59. The summed E-state index contributed by atoms with van der Waals surface area (Å²) < 4.78 is 27.1. The Morgan fingerprint density at radius 1 is 1.19 bits per heavy atom. The van der Waals surface area contributed by atoms with Crippen molar-refractivity contribution in [3.8, 4) is 0 Å². The SMILES string of the molecule is CCC(CC)CN(CC)S(=O)(=O)c1cc(CCl)ccc1Cl. The lowest BCUT2D eigenvalue weighted by Crippen LogP contribution is -2.35. The molecule has 0 aliphatic heterocycles. The molecular weight excluding hydrogens is 329 g/mol. The molecule has 0 N–H and O–H groups in total. The molecule has 0 saturated heterocycles. The van der Waals surface area contributed by atoms with Crippen LogP contribution >= 0.6 is 23.2 Å². The highest BCUT2D eigenvalue weighted by atomic mass is 35.5. The molecule has 0 bridgehead atoms. The van der Waals surface area contributed by atoms with E-state index in [1.54, 1.807) is 18.2 Å². The van der Waals surface area contributed by atoms with Gasteiger partial charge in [-0.2, -0.15) is 4.31 Å². The summed E-state index contributed by atoms with van der Waals surface area (Å²) >= 11 is 11.9. The van der Waals surface area contributed by atoms with Crippen molar-refractivity contribution in [2.24, 2.45) is 5.92 Å². The van der Waals surface area contributed by atoms with Gasteiger partial charge in [0, 0.05) is 19.0 Å². The van der Waals surface area contributed by atoms with Crippen LogP contribution in [0.4, 0.5) is 0 Å². The predicted octanol–water partition coefficient (Wildman–Crippen LogP) is 4.53. The van der Waals surface area contributed by atoms with Crippen molar-refractivity contribution in [3.63, 3.8) is 0 Å². The summed E-state index contributed by atoms with van der Waals surface area (Å²) in [6.45, 7) is 6.96. The lowest BCUT2D eigenvalue weighted by Gasteiger charge is -2.25. The third kappa shape index (κ3) is 4.59. The van der Waals surface area contributed by atoms with Gasteiger partial charge in [-0.05, 0) is 23.6 Å². The van der Waals surface area contributed by atoms with Gasteiger partial charge < -0.3 is 0 Å². The second kappa shape index (κ2) is 8.37. The number of rotatable bonds is 8. The van der Waals surface area contributed by atoms with Gasteiger partial charge in [-0.3, -0.25) is 0 Å². The lowest BCUT2D eigenvalue weighted by atomic mass is 10.0. The molecule has 0 saturated carbocycles. The molecule has 21 heavy (non-hydrogen) atoms. The van der Waals surface area contributed by atoms with E-state index < -0.39 is 10.0 Å². The van der Waals surface area contributed by atoms with Gasteiger partial charge in [0.15, 0.2) is 0 Å². The molecule has 120 valence electrons. The Morgan fingerprint density at radius 3 is 2.29 bits per heavy atom. The number of halogens is 2. The van der Waals surface area contributed by atoms with E-state index in [0.29, 0.717) is 19.0 Å². The highest BCUT2D eigenvalue weighted by molar-refractivity contribution is 7.89. The summed E-state index contributed by atoms with van der Waals surface area (Å²) in [5, 5.41) is 0.242. The van der Waals surface area contributed by atoms with E-state index in [0.717, 1.165) is 18.4 Å². The summed E-state index contributed by atoms with van der Waals surface area (Å²) in [6, 6.07) is 4.91. The average Bonchev–Trinajstić information content (AvgIpc) is 2.48. The fraction of sp³-hybridized carbons (Fsp3) is 0.600. The smallest absolute Gasteiger partial charge is 0.207 e. The zero-order valence-electron chi connectivity index (χ0n) is 12.8. The normalized spacial score (nSPS) is 12.3. The van der Waals surface area contributed by atoms with E-state index in [1.165, 1.54) is 4.31 Å². The van der Waals surface area contributed by atoms with Gasteiger partial charge in [-0.1, -0.05) is 51.3 Å². The monoisotopic (exact) mass is 351 g/mol. The van der Waals surface area contributed by atoms with Crippen LogP contribution in [0.15, 0.2) is 23.1 Å². The molecule has 0 aliphatic carbocycles. The number of alkyl halides is 1. The maximum Gasteiger partial charge on any atom is 0.244 e. The largest absolute Gasteiger partial charge is 0.244 e. The first-order valence-corrected chi connectivity index (χ1v) is 9.60. The van der Waals surface area contributed by atoms with Crippen LogP contribution in [0.1, 0.15) is 39.2 Å². The molecule has 0 aliphatic rings. The van der Waals surface area contributed by atoms with Crippen LogP contribution in [0.2, 0.25) is 5.02 Å². The molecule has 0 amide bonds. The van der Waals surface area contributed by atoms with E-state index in [2.05, 4.69) is 13.8 Å². The number of nitrogens with zero attached hydrogens (tertiary/aromatic N) is 1. The van der Waals surface area contributed by atoms with Crippen molar-refractivity contribution in [1.82, 2.24) is 4.31 Å². The molecule has 3 nitrogen and oxygen atoms in total. The van der Waals surface area contributed by atoms with Crippen LogP contribution in [-0.4, -0.2) is 25.8 Å². The van der Waals surface area contributed by atoms with Crippen molar-refractivity contribution in [1.29, 1.82) is 0 Å². The Labute approximate surface area is 138 Å². The summed E-state index contributed by atoms with van der Waals surface area (Å²) in [5.74, 6) is 0.618. The minimum absolute atomic E-state index is 0.148. The second-order valence-corrected chi connectivity index (χ2v) is 7.62. The molecular formula is C15H23Cl2NO2S. The van der Waals surface area contributed by atoms with Crippen molar-refractivity contribution in [3.05, 3.63) is 28.8 Å². The molecule has 0 spiro atoms. The van der Waals surface area contributed by atoms with Gasteiger partial charge in [-0.15, -0.1) is 11.6 Å². The van der Waals surface area contributed by atoms with E-state index in [4.69, 9.17) is 23.2 Å². The molecule has 0 fully saturated rings. The molecule has 0 heterocycles. The molecule has 0 atom stereocenters. The first-order valence-electron chi connectivity index (χ1n) is 7.25. The van der Waals surface area contributed by atoms with Crippen LogP contribution in [0.25, 0.3) is 0 Å². The maximum absolute atomic E-state index is 12.8. The Morgan fingerprint density at radius 2 is 1.81 bits per heavy atom. The van der Waals surface area contributed by atoms with Gasteiger partial charge in [0.2, 0.25) is 10.0 Å². The van der Waals surface area contributed by atoms with E-state index in [1.807, 2.05) is 6.92 Å². The van der Waals surface area contributed by atoms with Crippen LogP contribution < -0.4 is 0 Å². The molecule has 0 aromatic heterocycles. The van der Waals surface area contributed by atoms with Gasteiger partial charge in [0.25, 0.3) is 0 Å². The summed E-state index contributed by atoms with van der Waals surface area (Å²) in [4.78, 5) is 0.148. The zero-order valence-corrected chi connectivity index (χ0v) is 15.1. The van der Waals surface area contributed by atoms with Crippen LogP contribution in [0.5, 0.6) is 0 Å². The molecule has 0 radical (unpaired) electrons. The molecule has 1 aromatic carbocycles. The van der Waals surface area contributed by atoms with Crippen LogP contribution in [-0.2, 0) is 15.9 Å². The van der Waals surface area contributed by atoms with Crippen molar-refractivity contribution in [2.45, 2.75) is 44.4 Å². The molecule has 1 aromatic rings. The highest BCUT2D eigenvalue weighted by Gasteiger charge is 2.27. The summed E-state index contributed by atoms with van der Waals surface area (Å²) in [6.07, 6.45) is 1.91. The second-order valence-electron chi connectivity index (χ2n) is 5.04.